The Hall–Kier alpha value is -1.06. The van der Waals surface area contributed by atoms with E-state index in [0.29, 0.717) is 6.61 Å². The molecule has 0 fully saturated rings. The predicted molar refractivity (Wildman–Crippen MR) is 61.1 cm³/mol. The average molecular weight is 209 g/mol. The van der Waals surface area contributed by atoms with Crippen LogP contribution in [0, 0.1) is 0 Å². The number of hydrogen-bond donors (Lipinski definition) is 2. The van der Waals surface area contributed by atoms with E-state index < -0.39 is 6.10 Å². The summed E-state index contributed by atoms with van der Waals surface area (Å²) < 4.78 is 5.34. The van der Waals surface area contributed by atoms with Crippen LogP contribution in [-0.4, -0.2) is 24.4 Å². The molecular weight excluding hydrogens is 190 g/mol. The number of aliphatic hydroxyl groups is 1. The van der Waals surface area contributed by atoms with Gasteiger partial charge >= 0.3 is 0 Å². The van der Waals surface area contributed by atoms with Crippen LogP contribution in [0.5, 0.6) is 5.75 Å². The molecule has 0 spiro atoms. The maximum Gasteiger partial charge on any atom is 0.119 e. The van der Waals surface area contributed by atoms with Crippen molar-refractivity contribution in [1.82, 2.24) is 0 Å². The summed E-state index contributed by atoms with van der Waals surface area (Å²) in [4.78, 5) is 0. The van der Waals surface area contributed by atoms with E-state index in [0.717, 1.165) is 11.3 Å². The van der Waals surface area contributed by atoms with Gasteiger partial charge in [-0.25, -0.2) is 0 Å². The highest BCUT2D eigenvalue weighted by atomic mass is 16.5. The van der Waals surface area contributed by atoms with E-state index in [-0.39, 0.29) is 12.5 Å². The van der Waals surface area contributed by atoms with Crippen molar-refractivity contribution in [3.8, 4) is 5.75 Å². The van der Waals surface area contributed by atoms with Gasteiger partial charge in [-0.3, -0.25) is 0 Å². The molecule has 15 heavy (non-hydrogen) atoms. The molecule has 1 aromatic carbocycles. The number of benzene rings is 1. The summed E-state index contributed by atoms with van der Waals surface area (Å²) in [7, 11) is 0. The van der Waals surface area contributed by atoms with E-state index in [1.807, 2.05) is 38.1 Å². The molecule has 0 saturated heterocycles. The van der Waals surface area contributed by atoms with E-state index in [4.69, 9.17) is 10.5 Å². The van der Waals surface area contributed by atoms with Crippen molar-refractivity contribution in [3.63, 3.8) is 0 Å². The van der Waals surface area contributed by atoms with Gasteiger partial charge in [0.2, 0.25) is 0 Å². The Labute approximate surface area is 90.9 Å². The summed E-state index contributed by atoms with van der Waals surface area (Å²) in [5.74, 6) is 0.918. The van der Waals surface area contributed by atoms with Crippen molar-refractivity contribution in [2.75, 3.05) is 13.2 Å². The van der Waals surface area contributed by atoms with Crippen LogP contribution in [0.4, 0.5) is 0 Å². The van der Waals surface area contributed by atoms with Crippen LogP contribution in [0.3, 0.4) is 0 Å². The summed E-state index contributed by atoms with van der Waals surface area (Å²) in [6.45, 7) is 4.87. The van der Waals surface area contributed by atoms with Gasteiger partial charge in [0, 0.05) is 12.5 Å². The second-order valence-electron chi connectivity index (χ2n) is 3.59. The molecule has 0 saturated carbocycles. The minimum absolute atomic E-state index is 0.0608. The highest BCUT2D eigenvalue weighted by Crippen LogP contribution is 2.21. The van der Waals surface area contributed by atoms with Crippen LogP contribution in [0.25, 0.3) is 0 Å². The Morgan fingerprint density at radius 3 is 2.40 bits per heavy atom. The van der Waals surface area contributed by atoms with Gasteiger partial charge in [-0.05, 0) is 24.6 Å². The van der Waals surface area contributed by atoms with Crippen LogP contribution in [-0.2, 0) is 0 Å². The highest BCUT2D eigenvalue weighted by Gasteiger charge is 2.14. The van der Waals surface area contributed by atoms with Crippen LogP contribution in [0.1, 0.15) is 25.3 Å². The molecule has 0 bridgehead atoms. The van der Waals surface area contributed by atoms with Crippen LogP contribution >= 0.6 is 0 Å². The fourth-order valence-electron chi connectivity index (χ4n) is 1.46. The summed E-state index contributed by atoms with van der Waals surface area (Å²) in [6.07, 6.45) is -0.483. The lowest BCUT2D eigenvalue weighted by Crippen LogP contribution is -2.25. The third-order valence-electron chi connectivity index (χ3n) is 2.54. The van der Waals surface area contributed by atoms with E-state index in [1.165, 1.54) is 0 Å². The molecule has 2 unspecified atom stereocenters. The minimum atomic E-state index is -0.483. The largest absolute Gasteiger partial charge is 0.494 e. The van der Waals surface area contributed by atoms with Gasteiger partial charge < -0.3 is 15.6 Å². The van der Waals surface area contributed by atoms with Gasteiger partial charge in [0.05, 0.1) is 12.7 Å². The SMILES string of the molecule is CCOc1ccc(C(C)C(O)CN)cc1. The highest BCUT2D eigenvalue weighted by molar-refractivity contribution is 5.29. The van der Waals surface area contributed by atoms with Crippen molar-refractivity contribution in [3.05, 3.63) is 29.8 Å². The van der Waals surface area contributed by atoms with Gasteiger partial charge in [-0.1, -0.05) is 19.1 Å². The second kappa shape index (κ2) is 5.73. The van der Waals surface area contributed by atoms with Gasteiger partial charge in [-0.15, -0.1) is 0 Å². The molecule has 3 N–H and O–H groups in total. The number of ether oxygens (including phenoxy) is 1. The molecule has 2 atom stereocenters. The molecular formula is C12H19NO2. The normalized spacial score (nSPS) is 14.7. The Balaban J connectivity index is 2.70. The average Bonchev–Trinajstić information content (AvgIpc) is 2.28. The first-order chi connectivity index (χ1) is 7.19. The van der Waals surface area contributed by atoms with E-state index in [2.05, 4.69) is 0 Å². The topological polar surface area (TPSA) is 55.5 Å². The summed E-state index contributed by atoms with van der Waals surface area (Å²) in [5, 5.41) is 9.60. The molecule has 3 nitrogen and oxygen atoms in total. The lowest BCUT2D eigenvalue weighted by Gasteiger charge is -2.17. The third kappa shape index (κ3) is 3.22. The summed E-state index contributed by atoms with van der Waals surface area (Å²) >= 11 is 0. The molecule has 0 aliphatic heterocycles. The quantitative estimate of drug-likeness (QED) is 0.772. The van der Waals surface area contributed by atoms with Crippen molar-refractivity contribution < 1.29 is 9.84 Å². The monoisotopic (exact) mass is 209 g/mol. The zero-order valence-corrected chi connectivity index (χ0v) is 9.31. The zero-order valence-electron chi connectivity index (χ0n) is 9.31. The first kappa shape index (κ1) is 12.0. The summed E-state index contributed by atoms with van der Waals surface area (Å²) in [5.41, 5.74) is 6.49. The van der Waals surface area contributed by atoms with Gasteiger partial charge in [0.15, 0.2) is 0 Å². The van der Waals surface area contributed by atoms with Crippen molar-refractivity contribution >= 4 is 0 Å². The molecule has 3 heteroatoms. The standard InChI is InChI=1S/C12H19NO2/c1-3-15-11-6-4-10(5-7-11)9(2)12(14)8-13/h4-7,9,12,14H,3,8,13H2,1-2H3. The van der Waals surface area contributed by atoms with Crippen LogP contribution in [0.2, 0.25) is 0 Å². The van der Waals surface area contributed by atoms with Crippen molar-refractivity contribution in [2.45, 2.75) is 25.9 Å². The van der Waals surface area contributed by atoms with E-state index in [9.17, 15) is 5.11 Å². The molecule has 0 amide bonds. The van der Waals surface area contributed by atoms with Gasteiger partial charge in [0.1, 0.15) is 5.75 Å². The molecule has 0 radical (unpaired) electrons. The predicted octanol–water partition coefficient (Wildman–Crippen LogP) is 1.51. The van der Waals surface area contributed by atoms with Gasteiger partial charge in [-0.2, -0.15) is 0 Å². The van der Waals surface area contributed by atoms with E-state index >= 15 is 0 Å². The first-order valence-electron chi connectivity index (χ1n) is 5.30. The van der Waals surface area contributed by atoms with Crippen molar-refractivity contribution in [2.24, 2.45) is 5.73 Å². The molecule has 0 heterocycles. The lowest BCUT2D eigenvalue weighted by molar-refractivity contribution is 0.157. The van der Waals surface area contributed by atoms with Crippen LogP contribution in [0.15, 0.2) is 24.3 Å². The first-order valence-corrected chi connectivity index (χ1v) is 5.30. The Morgan fingerprint density at radius 2 is 1.93 bits per heavy atom. The zero-order chi connectivity index (χ0) is 11.3. The minimum Gasteiger partial charge on any atom is -0.494 e. The Bertz CT molecular complexity index is 284. The Morgan fingerprint density at radius 1 is 1.33 bits per heavy atom. The molecule has 0 aliphatic rings. The molecule has 84 valence electrons. The van der Waals surface area contributed by atoms with Crippen molar-refractivity contribution in [1.29, 1.82) is 0 Å². The summed E-state index contributed by atoms with van der Waals surface area (Å²) in [6, 6.07) is 7.76. The lowest BCUT2D eigenvalue weighted by atomic mass is 9.95. The van der Waals surface area contributed by atoms with Crippen LogP contribution < -0.4 is 10.5 Å². The number of nitrogens with two attached hydrogens (primary N) is 1. The number of aliphatic hydroxyl groups excluding tert-OH is 1. The Kier molecular flexibility index (Phi) is 4.59. The fraction of sp³-hybridized carbons (Fsp3) is 0.500. The molecule has 1 aromatic rings. The molecule has 0 aromatic heterocycles. The maximum atomic E-state index is 9.60. The molecule has 0 aliphatic carbocycles. The maximum absolute atomic E-state index is 9.60. The van der Waals surface area contributed by atoms with Gasteiger partial charge in [0.25, 0.3) is 0 Å². The molecule has 1 rings (SSSR count). The third-order valence-corrected chi connectivity index (χ3v) is 2.54. The van der Waals surface area contributed by atoms with E-state index in [1.54, 1.807) is 0 Å². The fourth-order valence-corrected chi connectivity index (χ4v) is 1.46. The number of rotatable bonds is 5. The second-order valence-corrected chi connectivity index (χ2v) is 3.59. The smallest absolute Gasteiger partial charge is 0.119 e. The number of hydrogen-bond acceptors (Lipinski definition) is 3.